The van der Waals surface area contributed by atoms with Crippen molar-refractivity contribution in [2.24, 2.45) is 7.05 Å². The molecule has 9 heteroatoms. The Labute approximate surface area is 177 Å². The van der Waals surface area contributed by atoms with Crippen LogP contribution in [0.4, 0.5) is 5.69 Å². The number of rotatable bonds is 7. The van der Waals surface area contributed by atoms with Crippen molar-refractivity contribution in [2.75, 3.05) is 11.1 Å². The topological polar surface area (TPSA) is 69.0 Å². The Morgan fingerprint density at radius 1 is 1.21 bits per heavy atom. The number of amides is 1. The van der Waals surface area contributed by atoms with Gasteiger partial charge in [0, 0.05) is 17.8 Å². The van der Waals surface area contributed by atoms with Crippen LogP contribution < -0.4 is 10.1 Å². The summed E-state index contributed by atoms with van der Waals surface area (Å²) in [7, 11) is 1.83. The average molecular weight is 437 g/mol. The van der Waals surface area contributed by atoms with Gasteiger partial charge in [0.2, 0.25) is 5.91 Å². The van der Waals surface area contributed by atoms with Gasteiger partial charge in [0.05, 0.1) is 10.8 Å². The molecule has 146 valence electrons. The Hall–Kier alpha value is -2.22. The molecule has 0 fully saturated rings. The second kappa shape index (κ2) is 9.32. The van der Waals surface area contributed by atoms with Gasteiger partial charge in [0.1, 0.15) is 5.75 Å². The zero-order valence-corrected chi connectivity index (χ0v) is 17.6. The molecule has 0 radical (unpaired) electrons. The van der Waals surface area contributed by atoms with E-state index in [9.17, 15) is 4.79 Å². The molecule has 0 bridgehead atoms. The third-order valence-corrected chi connectivity index (χ3v) is 5.38. The first-order valence-electron chi connectivity index (χ1n) is 8.42. The van der Waals surface area contributed by atoms with Crippen molar-refractivity contribution in [3.05, 3.63) is 64.4 Å². The van der Waals surface area contributed by atoms with Gasteiger partial charge in [-0.05, 0) is 37.3 Å². The highest BCUT2D eigenvalue weighted by atomic mass is 35.5. The molecule has 1 aromatic heterocycles. The molecule has 6 nitrogen and oxygen atoms in total. The number of nitrogens with zero attached hydrogens (tertiary/aromatic N) is 3. The van der Waals surface area contributed by atoms with Crippen LogP contribution in [0.5, 0.6) is 5.75 Å². The van der Waals surface area contributed by atoms with Crippen molar-refractivity contribution in [1.82, 2.24) is 14.8 Å². The fraction of sp³-hybridized carbons (Fsp3) is 0.211. The SMILES string of the molecule is CC(Oc1ccccc1Cl)c1nnc(SCC(=O)Nc2cccc(Cl)c2)n1C. The molecule has 28 heavy (non-hydrogen) atoms. The zero-order valence-electron chi connectivity index (χ0n) is 15.2. The number of halogens is 2. The van der Waals surface area contributed by atoms with Crippen LogP contribution in [-0.4, -0.2) is 26.4 Å². The van der Waals surface area contributed by atoms with Gasteiger partial charge < -0.3 is 14.6 Å². The van der Waals surface area contributed by atoms with E-state index in [1.54, 1.807) is 41.0 Å². The number of hydrogen-bond acceptors (Lipinski definition) is 5. The Kier molecular flexibility index (Phi) is 6.83. The molecule has 0 aliphatic rings. The van der Waals surface area contributed by atoms with Crippen molar-refractivity contribution >= 4 is 46.6 Å². The van der Waals surface area contributed by atoms with Crippen molar-refractivity contribution in [1.29, 1.82) is 0 Å². The molecular weight excluding hydrogens is 419 g/mol. The van der Waals surface area contributed by atoms with Gasteiger partial charge in [-0.2, -0.15) is 0 Å². The van der Waals surface area contributed by atoms with Crippen molar-refractivity contribution < 1.29 is 9.53 Å². The number of ether oxygens (including phenoxy) is 1. The number of para-hydroxylation sites is 1. The number of thioether (sulfide) groups is 1. The summed E-state index contributed by atoms with van der Waals surface area (Å²) in [5.41, 5.74) is 0.651. The van der Waals surface area contributed by atoms with E-state index in [0.29, 0.717) is 32.5 Å². The van der Waals surface area contributed by atoms with Gasteiger partial charge in [-0.3, -0.25) is 4.79 Å². The smallest absolute Gasteiger partial charge is 0.234 e. The first kappa shape index (κ1) is 20.5. The van der Waals surface area contributed by atoms with Gasteiger partial charge in [0.25, 0.3) is 0 Å². The molecule has 0 spiro atoms. The van der Waals surface area contributed by atoms with Crippen LogP contribution >= 0.6 is 35.0 Å². The standard InChI is InChI=1S/C19H18Cl2N4O2S/c1-12(27-16-9-4-3-8-15(16)21)18-23-24-19(25(18)2)28-11-17(26)22-14-7-5-6-13(20)10-14/h3-10,12H,11H2,1-2H3,(H,22,26). The summed E-state index contributed by atoms with van der Waals surface area (Å²) in [5, 5.41) is 12.9. The van der Waals surface area contributed by atoms with Gasteiger partial charge in [-0.1, -0.05) is 53.2 Å². The lowest BCUT2D eigenvalue weighted by atomic mass is 10.3. The number of aromatic nitrogens is 3. The fourth-order valence-electron chi connectivity index (χ4n) is 2.48. The minimum atomic E-state index is -0.355. The Morgan fingerprint density at radius 3 is 2.75 bits per heavy atom. The maximum absolute atomic E-state index is 12.2. The lowest BCUT2D eigenvalue weighted by Crippen LogP contribution is -2.14. The molecule has 0 saturated heterocycles. The summed E-state index contributed by atoms with van der Waals surface area (Å²) in [4.78, 5) is 12.2. The van der Waals surface area contributed by atoms with Crippen molar-refractivity contribution in [3.8, 4) is 5.75 Å². The monoisotopic (exact) mass is 436 g/mol. The minimum absolute atomic E-state index is 0.155. The van der Waals surface area contributed by atoms with E-state index in [2.05, 4.69) is 15.5 Å². The maximum Gasteiger partial charge on any atom is 0.234 e. The van der Waals surface area contributed by atoms with Crippen LogP contribution in [0.1, 0.15) is 18.9 Å². The molecule has 2 aromatic carbocycles. The lowest BCUT2D eigenvalue weighted by Gasteiger charge is -2.15. The molecule has 1 atom stereocenters. The van der Waals surface area contributed by atoms with Crippen LogP contribution in [0, 0.1) is 0 Å². The molecule has 1 heterocycles. The van der Waals surface area contributed by atoms with E-state index in [1.165, 1.54) is 11.8 Å². The minimum Gasteiger partial charge on any atom is -0.481 e. The van der Waals surface area contributed by atoms with Gasteiger partial charge >= 0.3 is 0 Å². The van der Waals surface area contributed by atoms with E-state index in [0.717, 1.165) is 0 Å². The third kappa shape index (κ3) is 5.19. The maximum atomic E-state index is 12.2. The van der Waals surface area contributed by atoms with E-state index < -0.39 is 0 Å². The number of carbonyl (C=O) groups is 1. The van der Waals surface area contributed by atoms with E-state index >= 15 is 0 Å². The predicted octanol–water partition coefficient (Wildman–Crippen LogP) is 4.99. The van der Waals surface area contributed by atoms with Gasteiger partial charge in [0.15, 0.2) is 17.1 Å². The van der Waals surface area contributed by atoms with Crippen molar-refractivity contribution in [3.63, 3.8) is 0 Å². The molecule has 3 rings (SSSR count). The number of nitrogens with one attached hydrogen (secondary N) is 1. The van der Waals surface area contributed by atoms with Crippen LogP contribution in [0.25, 0.3) is 0 Å². The molecule has 1 N–H and O–H groups in total. The summed E-state index contributed by atoms with van der Waals surface area (Å²) < 4.78 is 7.69. The second-order valence-corrected chi connectivity index (χ2v) is 7.72. The van der Waals surface area contributed by atoms with E-state index in [4.69, 9.17) is 27.9 Å². The third-order valence-electron chi connectivity index (χ3n) is 3.81. The van der Waals surface area contributed by atoms with E-state index in [-0.39, 0.29) is 17.8 Å². The van der Waals surface area contributed by atoms with E-state index in [1.807, 2.05) is 26.1 Å². The Bertz CT molecular complexity index is 980. The summed E-state index contributed by atoms with van der Waals surface area (Å²) in [6, 6.07) is 14.3. The zero-order chi connectivity index (χ0) is 20.1. The Morgan fingerprint density at radius 2 is 2.00 bits per heavy atom. The van der Waals surface area contributed by atoms with Crippen LogP contribution in [0.2, 0.25) is 10.0 Å². The Balaban J connectivity index is 1.59. The normalized spacial score (nSPS) is 11.9. The highest BCUT2D eigenvalue weighted by Gasteiger charge is 2.19. The summed E-state index contributed by atoms with van der Waals surface area (Å²) in [6.07, 6.45) is -0.355. The van der Waals surface area contributed by atoms with Gasteiger partial charge in [-0.25, -0.2) is 0 Å². The number of anilines is 1. The van der Waals surface area contributed by atoms with Crippen LogP contribution in [0.15, 0.2) is 53.7 Å². The summed E-state index contributed by atoms with van der Waals surface area (Å²) in [5.74, 6) is 1.25. The molecule has 0 aliphatic carbocycles. The highest BCUT2D eigenvalue weighted by molar-refractivity contribution is 7.99. The van der Waals surface area contributed by atoms with Crippen molar-refractivity contribution in [2.45, 2.75) is 18.2 Å². The van der Waals surface area contributed by atoms with Gasteiger partial charge in [-0.15, -0.1) is 10.2 Å². The number of carbonyl (C=O) groups excluding carboxylic acids is 1. The lowest BCUT2D eigenvalue weighted by molar-refractivity contribution is -0.113. The van der Waals surface area contributed by atoms with Crippen LogP contribution in [-0.2, 0) is 11.8 Å². The number of benzene rings is 2. The second-order valence-electron chi connectivity index (χ2n) is 5.94. The number of hydrogen-bond donors (Lipinski definition) is 1. The molecule has 0 saturated carbocycles. The molecule has 0 aliphatic heterocycles. The fourth-order valence-corrected chi connectivity index (χ4v) is 3.57. The molecular formula is C19H18Cl2N4O2S. The largest absolute Gasteiger partial charge is 0.481 e. The molecule has 1 amide bonds. The molecule has 1 unspecified atom stereocenters. The molecule has 3 aromatic rings. The highest BCUT2D eigenvalue weighted by Crippen LogP contribution is 2.29. The summed E-state index contributed by atoms with van der Waals surface area (Å²) >= 11 is 13.3. The first-order chi connectivity index (χ1) is 13.4. The first-order valence-corrected chi connectivity index (χ1v) is 10.2. The average Bonchev–Trinajstić information content (AvgIpc) is 3.02. The van der Waals surface area contributed by atoms with Crippen LogP contribution in [0.3, 0.4) is 0 Å². The quantitative estimate of drug-likeness (QED) is 0.528. The summed E-state index contributed by atoms with van der Waals surface area (Å²) in [6.45, 7) is 1.87. The predicted molar refractivity (Wildman–Crippen MR) is 112 cm³/mol.